The van der Waals surface area contributed by atoms with Crippen molar-refractivity contribution in [3.63, 3.8) is 0 Å². The highest BCUT2D eigenvalue weighted by molar-refractivity contribution is 5.68. The Bertz CT molecular complexity index is 443. The minimum Gasteiger partial charge on any atom is -0.493 e. The third-order valence-corrected chi connectivity index (χ3v) is 3.17. The predicted octanol–water partition coefficient (Wildman–Crippen LogP) is 3.24. The molecular formula is C15H23NO4. The minimum absolute atomic E-state index is 0.327. The summed E-state index contributed by atoms with van der Waals surface area (Å²) >= 11 is 0. The average molecular weight is 281 g/mol. The molecule has 0 saturated carbocycles. The molecule has 1 rings (SSSR count). The number of benzene rings is 1. The lowest BCUT2D eigenvalue weighted by Gasteiger charge is -2.23. The average Bonchev–Trinajstić information content (AvgIpc) is 2.47. The van der Waals surface area contributed by atoms with E-state index in [1.165, 1.54) is 0 Å². The molecule has 5 heteroatoms. The van der Waals surface area contributed by atoms with Crippen LogP contribution in [-0.2, 0) is 4.74 Å². The van der Waals surface area contributed by atoms with E-state index < -0.39 is 6.10 Å². The molecule has 0 spiro atoms. The molecule has 0 fully saturated rings. The Kier molecular flexibility index (Phi) is 6.15. The molecule has 20 heavy (non-hydrogen) atoms. The summed E-state index contributed by atoms with van der Waals surface area (Å²) in [6.45, 7) is 6.90. The van der Waals surface area contributed by atoms with Crippen LogP contribution >= 0.6 is 0 Å². The molecule has 0 heterocycles. The van der Waals surface area contributed by atoms with Crippen LogP contribution in [-0.4, -0.2) is 38.3 Å². The zero-order valence-electron chi connectivity index (χ0n) is 12.8. The Morgan fingerprint density at radius 2 is 1.85 bits per heavy atom. The molecule has 0 radical (unpaired) electrons. The molecule has 1 aromatic rings. The third kappa shape index (κ3) is 3.56. The van der Waals surface area contributed by atoms with Crippen LogP contribution in [0.15, 0.2) is 18.2 Å². The molecule has 5 nitrogen and oxygen atoms in total. The van der Waals surface area contributed by atoms with Crippen LogP contribution in [0.4, 0.5) is 4.79 Å². The Labute approximate surface area is 120 Å². The molecule has 112 valence electrons. The molecule has 0 saturated heterocycles. The summed E-state index contributed by atoms with van der Waals surface area (Å²) in [5.74, 6) is 1.21. The molecule has 0 bridgehead atoms. The van der Waals surface area contributed by atoms with Crippen LogP contribution < -0.4 is 9.47 Å². The maximum Gasteiger partial charge on any atom is 0.410 e. The van der Waals surface area contributed by atoms with Crippen LogP contribution in [0.25, 0.3) is 0 Å². The summed E-state index contributed by atoms with van der Waals surface area (Å²) in [5, 5.41) is 0. The largest absolute Gasteiger partial charge is 0.493 e. The third-order valence-electron chi connectivity index (χ3n) is 3.17. The molecule has 0 N–H and O–H groups in total. The molecule has 1 amide bonds. The van der Waals surface area contributed by atoms with Crippen LogP contribution in [0.3, 0.4) is 0 Å². The maximum absolute atomic E-state index is 12.0. The zero-order valence-corrected chi connectivity index (χ0v) is 12.8. The second kappa shape index (κ2) is 7.62. The van der Waals surface area contributed by atoms with Gasteiger partial charge < -0.3 is 19.1 Å². The molecule has 0 aliphatic rings. The maximum atomic E-state index is 12.0. The highest BCUT2D eigenvalue weighted by Crippen LogP contribution is 2.35. The first-order valence-electron chi connectivity index (χ1n) is 6.75. The van der Waals surface area contributed by atoms with Crippen molar-refractivity contribution in [1.29, 1.82) is 0 Å². The zero-order chi connectivity index (χ0) is 15.1. The van der Waals surface area contributed by atoms with Crippen molar-refractivity contribution in [2.24, 2.45) is 0 Å². The Hall–Kier alpha value is -1.91. The van der Waals surface area contributed by atoms with E-state index in [0.29, 0.717) is 24.6 Å². The lowest BCUT2D eigenvalue weighted by atomic mass is 10.1. The highest BCUT2D eigenvalue weighted by Gasteiger charge is 2.20. The van der Waals surface area contributed by atoms with Gasteiger partial charge in [-0.15, -0.1) is 0 Å². The molecule has 0 aliphatic heterocycles. The van der Waals surface area contributed by atoms with Gasteiger partial charge in [-0.2, -0.15) is 0 Å². The lowest BCUT2D eigenvalue weighted by Crippen LogP contribution is -2.31. The van der Waals surface area contributed by atoms with Crippen molar-refractivity contribution < 1.29 is 19.0 Å². The Balaban J connectivity index is 2.92. The summed E-state index contributed by atoms with van der Waals surface area (Å²) in [5.41, 5.74) is 0.785. The monoisotopic (exact) mass is 281 g/mol. The van der Waals surface area contributed by atoms with E-state index in [9.17, 15) is 4.79 Å². The highest BCUT2D eigenvalue weighted by atomic mass is 16.6. The van der Waals surface area contributed by atoms with E-state index in [0.717, 1.165) is 5.56 Å². The van der Waals surface area contributed by atoms with E-state index in [2.05, 4.69) is 0 Å². The lowest BCUT2D eigenvalue weighted by molar-refractivity contribution is 0.0714. The Morgan fingerprint density at radius 3 is 2.35 bits per heavy atom. The number of carbonyl (C=O) groups is 1. The van der Waals surface area contributed by atoms with E-state index in [1.54, 1.807) is 25.2 Å². The second-order valence-corrected chi connectivity index (χ2v) is 4.28. The van der Waals surface area contributed by atoms with Gasteiger partial charge in [0.05, 0.1) is 14.2 Å². The summed E-state index contributed by atoms with van der Waals surface area (Å²) in [6, 6.07) is 5.52. The van der Waals surface area contributed by atoms with E-state index in [4.69, 9.17) is 14.2 Å². The summed E-state index contributed by atoms with van der Waals surface area (Å²) in [7, 11) is 3.15. The van der Waals surface area contributed by atoms with E-state index in [-0.39, 0.29) is 6.09 Å². The first-order valence-corrected chi connectivity index (χ1v) is 6.75. The fraction of sp³-hybridized carbons (Fsp3) is 0.533. The predicted molar refractivity (Wildman–Crippen MR) is 77.4 cm³/mol. The summed E-state index contributed by atoms with van der Waals surface area (Å²) in [6.07, 6.45) is -0.736. The van der Waals surface area contributed by atoms with Crippen LogP contribution in [0.1, 0.15) is 32.4 Å². The number of para-hydroxylation sites is 1. The van der Waals surface area contributed by atoms with Gasteiger partial charge in [0.15, 0.2) is 11.5 Å². The molecule has 1 atom stereocenters. The van der Waals surface area contributed by atoms with Crippen molar-refractivity contribution in [3.8, 4) is 11.5 Å². The van der Waals surface area contributed by atoms with Gasteiger partial charge in [0.25, 0.3) is 0 Å². The number of nitrogens with zero attached hydrogens (tertiary/aromatic N) is 1. The number of methoxy groups -OCH3 is 2. The van der Waals surface area contributed by atoms with Gasteiger partial charge >= 0.3 is 6.09 Å². The first-order chi connectivity index (χ1) is 9.58. The molecule has 1 aromatic carbocycles. The first kappa shape index (κ1) is 16.1. The fourth-order valence-electron chi connectivity index (χ4n) is 2.00. The minimum atomic E-state index is -0.409. The SMILES string of the molecule is CCN(CC)C(=O)OC(C)c1cccc(OC)c1OC. The van der Waals surface area contributed by atoms with Crippen molar-refractivity contribution in [3.05, 3.63) is 23.8 Å². The van der Waals surface area contributed by atoms with Gasteiger partial charge in [0.2, 0.25) is 0 Å². The summed E-state index contributed by atoms with van der Waals surface area (Å²) < 4.78 is 16.1. The number of hydrogen-bond donors (Lipinski definition) is 0. The normalized spacial score (nSPS) is 11.7. The van der Waals surface area contributed by atoms with Gasteiger partial charge in [-0.05, 0) is 26.8 Å². The smallest absolute Gasteiger partial charge is 0.410 e. The molecule has 0 aliphatic carbocycles. The van der Waals surface area contributed by atoms with Crippen LogP contribution in [0, 0.1) is 0 Å². The number of rotatable bonds is 6. The molecular weight excluding hydrogens is 258 g/mol. The van der Waals surface area contributed by atoms with Crippen molar-refractivity contribution in [2.45, 2.75) is 26.9 Å². The second-order valence-electron chi connectivity index (χ2n) is 4.28. The standard InChI is InChI=1S/C15H23NO4/c1-6-16(7-2)15(17)20-11(3)12-9-8-10-13(18-4)14(12)19-5/h8-11H,6-7H2,1-5H3. The number of amides is 1. The molecule has 1 unspecified atom stereocenters. The number of hydrogen-bond acceptors (Lipinski definition) is 4. The number of carbonyl (C=O) groups excluding carboxylic acids is 1. The van der Waals surface area contributed by atoms with Gasteiger partial charge in [-0.3, -0.25) is 0 Å². The van der Waals surface area contributed by atoms with Crippen molar-refractivity contribution in [2.75, 3.05) is 27.3 Å². The van der Waals surface area contributed by atoms with Crippen molar-refractivity contribution in [1.82, 2.24) is 4.90 Å². The quantitative estimate of drug-likeness (QED) is 0.803. The topological polar surface area (TPSA) is 48.0 Å². The van der Waals surface area contributed by atoms with Crippen LogP contribution in [0.5, 0.6) is 11.5 Å². The van der Waals surface area contributed by atoms with Gasteiger partial charge in [0, 0.05) is 18.7 Å². The Morgan fingerprint density at radius 1 is 1.20 bits per heavy atom. The van der Waals surface area contributed by atoms with Gasteiger partial charge in [-0.1, -0.05) is 12.1 Å². The van der Waals surface area contributed by atoms with Gasteiger partial charge in [0.1, 0.15) is 6.10 Å². The van der Waals surface area contributed by atoms with E-state index in [1.807, 2.05) is 32.9 Å². The van der Waals surface area contributed by atoms with Crippen LogP contribution in [0.2, 0.25) is 0 Å². The van der Waals surface area contributed by atoms with Gasteiger partial charge in [-0.25, -0.2) is 4.79 Å². The molecule has 0 aromatic heterocycles. The van der Waals surface area contributed by atoms with Crippen molar-refractivity contribution >= 4 is 6.09 Å². The number of ether oxygens (including phenoxy) is 3. The fourth-order valence-corrected chi connectivity index (χ4v) is 2.00. The summed E-state index contributed by atoms with van der Waals surface area (Å²) in [4.78, 5) is 13.6. The van der Waals surface area contributed by atoms with E-state index >= 15 is 0 Å².